The van der Waals surface area contributed by atoms with E-state index in [1.807, 2.05) is 19.1 Å². The third-order valence-corrected chi connectivity index (χ3v) is 5.39. The van der Waals surface area contributed by atoms with Crippen LogP contribution in [0.1, 0.15) is 52.0 Å². The van der Waals surface area contributed by atoms with Crippen LogP contribution >= 0.6 is 0 Å². The van der Waals surface area contributed by atoms with E-state index in [4.69, 9.17) is 0 Å². The van der Waals surface area contributed by atoms with Crippen molar-refractivity contribution >= 4 is 17.6 Å². The van der Waals surface area contributed by atoms with Crippen molar-refractivity contribution in [1.29, 1.82) is 0 Å². The fourth-order valence-corrected chi connectivity index (χ4v) is 3.15. The summed E-state index contributed by atoms with van der Waals surface area (Å²) >= 11 is 0. The highest BCUT2D eigenvalue weighted by molar-refractivity contribution is 6.38. The van der Waals surface area contributed by atoms with Crippen LogP contribution in [0.3, 0.4) is 0 Å². The molecular formula is C21H30N2O4. The Morgan fingerprint density at radius 1 is 1.22 bits per heavy atom. The largest absolute Gasteiger partial charge is 0.508 e. The zero-order chi connectivity index (χ0) is 20.0. The summed E-state index contributed by atoms with van der Waals surface area (Å²) in [6, 6.07) is 6.45. The molecule has 0 bridgehead atoms. The minimum absolute atomic E-state index is 0.186. The van der Waals surface area contributed by atoms with Gasteiger partial charge >= 0.3 is 0 Å². The van der Waals surface area contributed by atoms with Gasteiger partial charge in [-0.25, -0.2) is 0 Å². The number of Topliss-reactive ketones (excluding diaryl/α,β-unsaturated/α-hetero) is 1. The standard InChI is InChI=1S/C21H30N2O4/c1-4-21(2,3)18(25)20(27)23-14-6-8-17(23)19(26)22-13-5-7-15-9-11-16(24)12-10-15/h9-12,17,24H,4-8,13-14H2,1-3H3,(H,22,26). The second-order valence-electron chi connectivity index (χ2n) is 7.78. The lowest BCUT2D eigenvalue weighted by Crippen LogP contribution is -2.50. The molecule has 0 saturated carbocycles. The molecule has 1 heterocycles. The number of nitrogens with zero attached hydrogens (tertiary/aromatic N) is 1. The van der Waals surface area contributed by atoms with Crippen molar-refractivity contribution in [3.8, 4) is 5.75 Å². The number of carbonyl (C=O) groups is 3. The minimum atomic E-state index is -0.704. The van der Waals surface area contributed by atoms with E-state index in [1.54, 1.807) is 26.0 Å². The lowest BCUT2D eigenvalue weighted by molar-refractivity contribution is -0.151. The van der Waals surface area contributed by atoms with Crippen LogP contribution in [-0.4, -0.2) is 46.7 Å². The third kappa shape index (κ3) is 5.31. The molecule has 0 radical (unpaired) electrons. The van der Waals surface area contributed by atoms with Gasteiger partial charge in [-0.3, -0.25) is 14.4 Å². The highest BCUT2D eigenvalue weighted by Crippen LogP contribution is 2.25. The number of amides is 2. The number of phenols is 1. The highest BCUT2D eigenvalue weighted by atomic mass is 16.3. The van der Waals surface area contributed by atoms with Gasteiger partial charge in [0, 0.05) is 18.5 Å². The van der Waals surface area contributed by atoms with Gasteiger partial charge in [0.05, 0.1) is 0 Å². The monoisotopic (exact) mass is 374 g/mol. The number of aryl methyl sites for hydroxylation is 1. The number of ketones is 1. The average molecular weight is 374 g/mol. The molecule has 1 fully saturated rings. The summed E-state index contributed by atoms with van der Waals surface area (Å²) in [7, 11) is 0. The Morgan fingerprint density at radius 3 is 2.52 bits per heavy atom. The normalized spacial score (nSPS) is 17.0. The molecule has 1 aromatic rings. The fourth-order valence-electron chi connectivity index (χ4n) is 3.15. The van der Waals surface area contributed by atoms with Crippen molar-refractivity contribution in [2.24, 2.45) is 5.41 Å². The topological polar surface area (TPSA) is 86.7 Å². The molecule has 1 saturated heterocycles. The van der Waals surface area contributed by atoms with Gasteiger partial charge in [-0.2, -0.15) is 0 Å². The first-order chi connectivity index (χ1) is 12.8. The summed E-state index contributed by atoms with van der Waals surface area (Å²) in [6.45, 7) is 6.37. The molecule has 6 heteroatoms. The fraction of sp³-hybridized carbons (Fsp3) is 0.571. The molecule has 0 spiro atoms. The molecule has 0 aromatic heterocycles. The molecule has 2 N–H and O–H groups in total. The highest BCUT2D eigenvalue weighted by Gasteiger charge is 2.40. The molecule has 1 aliphatic heterocycles. The van der Waals surface area contributed by atoms with Crippen molar-refractivity contribution in [2.45, 2.75) is 58.9 Å². The van der Waals surface area contributed by atoms with Gasteiger partial charge in [-0.05, 0) is 49.8 Å². The predicted octanol–water partition coefficient (Wildman–Crippen LogP) is 2.44. The average Bonchev–Trinajstić information content (AvgIpc) is 3.15. The van der Waals surface area contributed by atoms with Gasteiger partial charge in [-0.15, -0.1) is 0 Å². The molecule has 1 unspecified atom stereocenters. The van der Waals surface area contributed by atoms with Crippen LogP contribution in [0, 0.1) is 5.41 Å². The minimum Gasteiger partial charge on any atom is -0.508 e. The van der Waals surface area contributed by atoms with Gasteiger partial charge in [0.15, 0.2) is 0 Å². The number of phenolic OH excluding ortho intramolecular Hbond substituents is 1. The second-order valence-corrected chi connectivity index (χ2v) is 7.78. The summed E-state index contributed by atoms with van der Waals surface area (Å²) in [4.78, 5) is 39.0. The number of rotatable bonds is 8. The van der Waals surface area contributed by atoms with Crippen LogP contribution in [0.25, 0.3) is 0 Å². The van der Waals surface area contributed by atoms with Crippen molar-refractivity contribution in [2.75, 3.05) is 13.1 Å². The van der Waals surface area contributed by atoms with Gasteiger partial charge in [0.1, 0.15) is 11.8 Å². The molecule has 6 nitrogen and oxygen atoms in total. The van der Waals surface area contributed by atoms with Crippen molar-refractivity contribution in [3.63, 3.8) is 0 Å². The molecule has 2 amide bonds. The summed E-state index contributed by atoms with van der Waals surface area (Å²) in [5.41, 5.74) is 0.386. The summed E-state index contributed by atoms with van der Waals surface area (Å²) < 4.78 is 0. The molecule has 0 aliphatic carbocycles. The molecule has 1 aliphatic rings. The van der Waals surface area contributed by atoms with E-state index in [0.29, 0.717) is 25.9 Å². The Bertz CT molecular complexity index is 682. The van der Waals surface area contributed by atoms with Crippen LogP contribution in [-0.2, 0) is 20.8 Å². The molecule has 27 heavy (non-hydrogen) atoms. The third-order valence-electron chi connectivity index (χ3n) is 5.39. The SMILES string of the molecule is CCC(C)(C)C(=O)C(=O)N1CCCC1C(=O)NCCCc1ccc(O)cc1. The van der Waals surface area contributed by atoms with E-state index in [0.717, 1.165) is 24.8 Å². The van der Waals surface area contributed by atoms with Crippen LogP contribution in [0.2, 0.25) is 0 Å². The summed E-state index contributed by atoms with van der Waals surface area (Å²) in [5.74, 6) is -0.909. The number of nitrogens with one attached hydrogen (secondary N) is 1. The Morgan fingerprint density at radius 2 is 1.89 bits per heavy atom. The van der Waals surface area contributed by atoms with Crippen molar-refractivity contribution in [3.05, 3.63) is 29.8 Å². The van der Waals surface area contributed by atoms with E-state index in [-0.39, 0.29) is 11.7 Å². The Balaban J connectivity index is 1.84. The molecule has 2 rings (SSSR count). The summed E-state index contributed by atoms with van der Waals surface area (Å²) in [6.07, 6.45) is 3.46. The van der Waals surface area contributed by atoms with Gasteiger partial charge < -0.3 is 15.3 Å². The van der Waals surface area contributed by atoms with E-state index < -0.39 is 23.1 Å². The summed E-state index contributed by atoms with van der Waals surface area (Å²) in [5, 5.41) is 12.2. The second kappa shape index (κ2) is 9.02. The number of carbonyl (C=O) groups excluding carboxylic acids is 3. The van der Waals surface area contributed by atoms with Gasteiger partial charge in [0.25, 0.3) is 5.91 Å². The number of hydrogen-bond donors (Lipinski definition) is 2. The number of benzene rings is 1. The smallest absolute Gasteiger partial charge is 0.291 e. The zero-order valence-electron chi connectivity index (χ0n) is 16.5. The van der Waals surface area contributed by atoms with Crippen LogP contribution < -0.4 is 5.32 Å². The van der Waals surface area contributed by atoms with E-state index in [9.17, 15) is 19.5 Å². The Kier molecular flexibility index (Phi) is 6.99. The maximum atomic E-state index is 12.6. The van der Waals surface area contributed by atoms with Gasteiger partial charge in [0.2, 0.25) is 11.7 Å². The first kappa shape index (κ1) is 20.9. The van der Waals surface area contributed by atoms with Crippen molar-refractivity contribution < 1.29 is 19.5 Å². The Labute approximate surface area is 160 Å². The first-order valence-corrected chi connectivity index (χ1v) is 9.67. The van der Waals surface area contributed by atoms with Crippen molar-refractivity contribution in [1.82, 2.24) is 10.2 Å². The van der Waals surface area contributed by atoms with E-state index in [1.165, 1.54) is 4.90 Å². The maximum absolute atomic E-state index is 12.6. The van der Waals surface area contributed by atoms with E-state index >= 15 is 0 Å². The predicted molar refractivity (Wildman–Crippen MR) is 103 cm³/mol. The number of likely N-dealkylation sites (tertiary alicyclic amines) is 1. The number of aromatic hydroxyl groups is 1. The van der Waals surface area contributed by atoms with Crippen LogP contribution in [0.4, 0.5) is 0 Å². The zero-order valence-corrected chi connectivity index (χ0v) is 16.5. The molecule has 148 valence electrons. The lowest BCUT2D eigenvalue weighted by Gasteiger charge is -2.27. The van der Waals surface area contributed by atoms with Crippen LogP contribution in [0.15, 0.2) is 24.3 Å². The molecule has 1 aromatic carbocycles. The maximum Gasteiger partial charge on any atom is 0.291 e. The first-order valence-electron chi connectivity index (χ1n) is 9.67. The van der Waals surface area contributed by atoms with Gasteiger partial charge in [-0.1, -0.05) is 32.9 Å². The number of hydrogen-bond acceptors (Lipinski definition) is 4. The van der Waals surface area contributed by atoms with Crippen LogP contribution in [0.5, 0.6) is 5.75 Å². The quantitative estimate of drug-likeness (QED) is 0.540. The van der Waals surface area contributed by atoms with E-state index in [2.05, 4.69) is 5.32 Å². The molecule has 1 atom stereocenters. The Hall–Kier alpha value is -2.37. The lowest BCUT2D eigenvalue weighted by atomic mass is 9.84. The molecular weight excluding hydrogens is 344 g/mol.